The van der Waals surface area contributed by atoms with Crippen LogP contribution in [-0.4, -0.2) is 51.4 Å². The fourth-order valence-corrected chi connectivity index (χ4v) is 2.02. The van der Waals surface area contributed by atoms with Crippen LogP contribution in [0.25, 0.3) is 0 Å². The van der Waals surface area contributed by atoms with Crippen LogP contribution in [0.1, 0.15) is 19.3 Å². The van der Waals surface area contributed by atoms with E-state index in [1.165, 1.54) is 0 Å². The summed E-state index contributed by atoms with van der Waals surface area (Å²) in [5.41, 5.74) is 0. The van der Waals surface area contributed by atoms with Crippen LogP contribution < -0.4 is 5.32 Å². The summed E-state index contributed by atoms with van der Waals surface area (Å²) in [4.78, 5) is 10.7. The highest BCUT2D eigenvalue weighted by molar-refractivity contribution is 5.72. The predicted molar refractivity (Wildman–Crippen MR) is 63.0 cm³/mol. The van der Waals surface area contributed by atoms with E-state index in [1.54, 1.807) is 10.9 Å². The first-order valence-corrected chi connectivity index (χ1v) is 6.19. The van der Waals surface area contributed by atoms with E-state index in [2.05, 4.69) is 15.6 Å². The van der Waals surface area contributed by atoms with Crippen molar-refractivity contribution in [2.75, 3.05) is 13.1 Å². The van der Waals surface area contributed by atoms with Crippen molar-refractivity contribution in [3.05, 3.63) is 12.4 Å². The Labute approximate surface area is 105 Å². The first-order chi connectivity index (χ1) is 8.75. The van der Waals surface area contributed by atoms with Gasteiger partial charge in [0.1, 0.15) is 0 Å². The molecule has 1 saturated heterocycles. The van der Waals surface area contributed by atoms with Gasteiger partial charge in [-0.05, 0) is 25.8 Å². The second-order valence-electron chi connectivity index (χ2n) is 4.39. The minimum atomic E-state index is -0.858. The molecule has 0 spiro atoms. The Bertz CT molecular complexity index is 368. The predicted octanol–water partition coefficient (Wildman–Crippen LogP) is -0.110. The number of carboxylic acids is 1. The zero-order valence-electron chi connectivity index (χ0n) is 10.2. The zero-order valence-corrected chi connectivity index (χ0v) is 10.2. The molecule has 1 aromatic heterocycles. The van der Waals surface area contributed by atoms with Crippen LogP contribution in [-0.2, 0) is 16.1 Å². The molecule has 1 fully saturated rings. The molecule has 1 aliphatic rings. The average Bonchev–Trinajstić information content (AvgIpc) is 2.98. The number of hydrogen-bond acceptors (Lipinski definition) is 5. The Morgan fingerprint density at radius 2 is 2.44 bits per heavy atom. The molecule has 0 bridgehead atoms. The van der Waals surface area contributed by atoms with Gasteiger partial charge in [-0.3, -0.25) is 4.68 Å². The number of nitrogens with one attached hydrogen (secondary N) is 1. The van der Waals surface area contributed by atoms with Crippen molar-refractivity contribution in [1.29, 1.82) is 0 Å². The number of aryl methyl sites for hydroxylation is 1. The standard InChI is InChI=1S/C11H18N4O3/c16-11(17)10-3-2-9(18-10)8-12-4-1-6-15-7-5-13-14-15/h5,7,9-10,12H,1-4,6,8H2,(H,16,17). The molecule has 1 aromatic rings. The van der Waals surface area contributed by atoms with Crippen LogP contribution in [0.3, 0.4) is 0 Å². The fourth-order valence-electron chi connectivity index (χ4n) is 2.02. The van der Waals surface area contributed by atoms with E-state index in [-0.39, 0.29) is 6.10 Å². The first-order valence-electron chi connectivity index (χ1n) is 6.19. The zero-order chi connectivity index (χ0) is 12.8. The highest BCUT2D eigenvalue weighted by Crippen LogP contribution is 2.19. The van der Waals surface area contributed by atoms with Crippen LogP contribution >= 0.6 is 0 Å². The lowest BCUT2D eigenvalue weighted by molar-refractivity contribution is -0.149. The van der Waals surface area contributed by atoms with Crippen molar-refractivity contribution in [3.8, 4) is 0 Å². The molecule has 2 unspecified atom stereocenters. The summed E-state index contributed by atoms with van der Waals surface area (Å²) in [5, 5.41) is 19.7. The topological polar surface area (TPSA) is 89.3 Å². The molecule has 0 saturated carbocycles. The molecular weight excluding hydrogens is 236 g/mol. The maximum atomic E-state index is 10.7. The molecule has 0 radical (unpaired) electrons. The normalized spacial score (nSPS) is 23.3. The van der Waals surface area contributed by atoms with E-state index in [9.17, 15) is 4.79 Å². The maximum absolute atomic E-state index is 10.7. The summed E-state index contributed by atoms with van der Waals surface area (Å²) in [7, 11) is 0. The molecule has 0 aliphatic carbocycles. The maximum Gasteiger partial charge on any atom is 0.332 e. The van der Waals surface area contributed by atoms with Crippen LogP contribution in [0.5, 0.6) is 0 Å². The van der Waals surface area contributed by atoms with Crippen molar-refractivity contribution < 1.29 is 14.6 Å². The molecular formula is C11H18N4O3. The number of nitrogens with zero attached hydrogens (tertiary/aromatic N) is 3. The molecule has 7 nitrogen and oxygen atoms in total. The Hall–Kier alpha value is -1.47. The van der Waals surface area contributed by atoms with E-state index in [4.69, 9.17) is 9.84 Å². The largest absolute Gasteiger partial charge is 0.479 e. The minimum Gasteiger partial charge on any atom is -0.479 e. The van der Waals surface area contributed by atoms with Gasteiger partial charge in [0.05, 0.1) is 12.3 Å². The lowest BCUT2D eigenvalue weighted by Crippen LogP contribution is -2.29. The van der Waals surface area contributed by atoms with Gasteiger partial charge in [-0.15, -0.1) is 5.10 Å². The highest BCUT2D eigenvalue weighted by Gasteiger charge is 2.29. The minimum absolute atomic E-state index is 0.0254. The smallest absolute Gasteiger partial charge is 0.332 e. The van der Waals surface area contributed by atoms with Crippen LogP contribution in [0.2, 0.25) is 0 Å². The van der Waals surface area contributed by atoms with Gasteiger partial charge in [0.25, 0.3) is 0 Å². The highest BCUT2D eigenvalue weighted by atomic mass is 16.5. The van der Waals surface area contributed by atoms with Crippen LogP contribution in [0.4, 0.5) is 0 Å². The van der Waals surface area contributed by atoms with Gasteiger partial charge in [-0.1, -0.05) is 5.21 Å². The molecule has 2 N–H and O–H groups in total. The molecule has 0 amide bonds. The fraction of sp³-hybridized carbons (Fsp3) is 0.727. The van der Waals surface area contributed by atoms with Crippen LogP contribution in [0, 0.1) is 0 Å². The number of hydrogen-bond donors (Lipinski definition) is 2. The Morgan fingerprint density at radius 3 is 3.11 bits per heavy atom. The van der Waals surface area contributed by atoms with E-state index < -0.39 is 12.1 Å². The van der Waals surface area contributed by atoms with Crippen LogP contribution in [0.15, 0.2) is 12.4 Å². The second-order valence-corrected chi connectivity index (χ2v) is 4.39. The average molecular weight is 254 g/mol. The number of aromatic nitrogens is 3. The van der Waals surface area contributed by atoms with Gasteiger partial charge in [0.15, 0.2) is 6.10 Å². The van der Waals surface area contributed by atoms with Gasteiger partial charge < -0.3 is 15.2 Å². The van der Waals surface area contributed by atoms with E-state index in [0.29, 0.717) is 13.0 Å². The molecule has 2 atom stereocenters. The lowest BCUT2D eigenvalue weighted by Gasteiger charge is -2.12. The van der Waals surface area contributed by atoms with Crippen molar-refractivity contribution in [2.45, 2.75) is 38.0 Å². The molecule has 100 valence electrons. The molecule has 0 aromatic carbocycles. The van der Waals surface area contributed by atoms with Crippen molar-refractivity contribution in [3.63, 3.8) is 0 Å². The van der Waals surface area contributed by atoms with Crippen molar-refractivity contribution in [2.24, 2.45) is 0 Å². The molecule has 1 aliphatic heterocycles. The quantitative estimate of drug-likeness (QED) is 0.660. The number of rotatable bonds is 7. The summed E-state index contributed by atoms with van der Waals surface area (Å²) in [6.45, 7) is 2.40. The number of ether oxygens (including phenoxy) is 1. The summed E-state index contributed by atoms with van der Waals surface area (Å²) < 4.78 is 7.17. The Kier molecular flexibility index (Phi) is 4.66. The third-order valence-corrected chi connectivity index (χ3v) is 2.97. The van der Waals surface area contributed by atoms with Gasteiger partial charge in [0.2, 0.25) is 0 Å². The van der Waals surface area contributed by atoms with Gasteiger partial charge in [-0.25, -0.2) is 4.79 Å². The second kappa shape index (κ2) is 6.46. The third kappa shape index (κ3) is 3.78. The van der Waals surface area contributed by atoms with E-state index in [1.807, 2.05) is 6.20 Å². The Balaban J connectivity index is 1.52. The summed E-state index contributed by atoms with van der Waals surface area (Å²) in [6, 6.07) is 0. The summed E-state index contributed by atoms with van der Waals surface area (Å²) in [5.74, 6) is -0.858. The lowest BCUT2D eigenvalue weighted by atomic mass is 10.2. The third-order valence-electron chi connectivity index (χ3n) is 2.97. The van der Waals surface area contributed by atoms with E-state index >= 15 is 0 Å². The van der Waals surface area contributed by atoms with Crippen molar-refractivity contribution >= 4 is 5.97 Å². The SMILES string of the molecule is O=C(O)C1CCC(CNCCCn2ccnn2)O1. The summed E-state index contributed by atoms with van der Waals surface area (Å²) in [6.07, 6.45) is 5.28. The monoisotopic (exact) mass is 254 g/mol. The summed E-state index contributed by atoms with van der Waals surface area (Å²) >= 11 is 0. The molecule has 7 heteroatoms. The Morgan fingerprint density at radius 1 is 1.56 bits per heavy atom. The molecule has 2 heterocycles. The number of aliphatic carboxylic acids is 1. The van der Waals surface area contributed by atoms with Gasteiger partial charge in [0, 0.05) is 19.3 Å². The van der Waals surface area contributed by atoms with Gasteiger partial charge in [-0.2, -0.15) is 0 Å². The number of carboxylic acid groups (broad SMARTS) is 1. The van der Waals surface area contributed by atoms with Crippen molar-refractivity contribution in [1.82, 2.24) is 20.3 Å². The molecule has 2 rings (SSSR count). The van der Waals surface area contributed by atoms with E-state index in [0.717, 1.165) is 25.9 Å². The molecule has 18 heavy (non-hydrogen) atoms. The van der Waals surface area contributed by atoms with Gasteiger partial charge >= 0.3 is 5.97 Å². The number of carbonyl (C=O) groups is 1. The first kappa shape index (κ1) is 13.0.